The third-order valence-corrected chi connectivity index (χ3v) is 10.5. The van der Waals surface area contributed by atoms with Gasteiger partial charge in [0.1, 0.15) is 17.2 Å². The van der Waals surface area contributed by atoms with Gasteiger partial charge in [-0.15, -0.1) is 0 Å². The number of carbonyl (C=O) groups is 2. The van der Waals surface area contributed by atoms with Gasteiger partial charge < -0.3 is 19.7 Å². The van der Waals surface area contributed by atoms with Crippen LogP contribution in [0.25, 0.3) is 33.4 Å². The van der Waals surface area contributed by atoms with Gasteiger partial charge in [0.2, 0.25) is 0 Å². The summed E-state index contributed by atoms with van der Waals surface area (Å²) in [4.78, 5) is 29.5. The Balaban J connectivity index is 1.31. The summed E-state index contributed by atoms with van der Waals surface area (Å²) < 4.78 is 20.1. The molecule has 1 heterocycles. The first-order valence-corrected chi connectivity index (χ1v) is 16.4. The number of hydrogen-bond acceptors (Lipinski definition) is 5. The monoisotopic (exact) mass is 608 g/mol. The number of aliphatic hydroxyl groups is 1. The van der Waals surface area contributed by atoms with Crippen LogP contribution in [-0.4, -0.2) is 41.0 Å². The molecule has 8 rings (SSSR count). The lowest BCUT2D eigenvalue weighted by Crippen LogP contribution is -2.65. The Morgan fingerprint density at radius 1 is 0.956 bits per heavy atom. The van der Waals surface area contributed by atoms with E-state index in [4.69, 9.17) is 4.42 Å². The quantitative estimate of drug-likeness (QED) is 0.187. The Kier molecular flexibility index (Phi) is 7.35. The van der Waals surface area contributed by atoms with E-state index in [1.165, 1.54) is 12.1 Å². The van der Waals surface area contributed by atoms with E-state index in [0.29, 0.717) is 58.1 Å². The first-order valence-electron chi connectivity index (χ1n) is 16.4. The van der Waals surface area contributed by atoms with E-state index in [9.17, 15) is 19.1 Å². The van der Waals surface area contributed by atoms with E-state index >= 15 is 0 Å². The van der Waals surface area contributed by atoms with Gasteiger partial charge in [0.15, 0.2) is 5.78 Å². The number of carbonyl (C=O) groups excluding carboxylic acids is 2. The first-order chi connectivity index (χ1) is 21.6. The van der Waals surface area contributed by atoms with Crippen LogP contribution in [0.4, 0.5) is 10.1 Å². The molecule has 0 spiro atoms. The fraction of sp³-hybridized carbons (Fsp3) is 0.421. The summed E-state index contributed by atoms with van der Waals surface area (Å²) in [5.74, 6) is 0.857. The summed E-state index contributed by atoms with van der Waals surface area (Å²) in [6.07, 6.45) is 5.66. The maximum Gasteiger partial charge on any atom is 0.251 e. The molecule has 4 aromatic rings. The first kappa shape index (κ1) is 29.7. The third kappa shape index (κ3) is 5.25. The maximum atomic E-state index is 13.8. The highest BCUT2D eigenvalue weighted by Gasteiger charge is 2.57. The largest absolute Gasteiger partial charge is 0.455 e. The standard InChI is InChI=1S/C38H41FN2O4/c1-4-32(42)34-30-16-29(31(41(5-2)6-3)17-33(30)45-35(34)25-10-12-28(39)13-11-25)26-8-7-9-27(15-26)36(43)40-37-18-23-14-24(19-37)21-38(44,20-23)22-37/h7-13,15-17,23-24,44H,4-6,14,18-22H2,1-3H3,(H,40,43)/t23-,24+,37?,38?. The van der Waals surface area contributed by atoms with Gasteiger partial charge in [0.05, 0.1) is 11.2 Å². The fourth-order valence-electron chi connectivity index (χ4n) is 8.95. The number of amides is 1. The minimum Gasteiger partial charge on any atom is -0.455 e. The van der Waals surface area contributed by atoms with Crippen molar-refractivity contribution >= 4 is 28.3 Å². The highest BCUT2D eigenvalue weighted by Crippen LogP contribution is 2.57. The van der Waals surface area contributed by atoms with Gasteiger partial charge in [-0.05, 0) is 112 Å². The lowest BCUT2D eigenvalue weighted by Gasteiger charge is -2.60. The molecule has 2 unspecified atom stereocenters. The number of nitrogens with zero attached hydrogens (tertiary/aromatic N) is 1. The molecule has 1 aromatic heterocycles. The van der Waals surface area contributed by atoms with Crippen LogP contribution in [0, 0.1) is 17.7 Å². The number of anilines is 1. The van der Waals surface area contributed by atoms with Gasteiger partial charge in [0, 0.05) is 58.9 Å². The SMILES string of the molecule is CCC(=O)c1c(-c2ccc(F)cc2)oc2cc(N(CC)CC)c(-c3cccc(C(=O)NC45C[C@@H]6C[C@@H](CC(O)(C6)C4)C5)c3)cc12. The number of benzene rings is 3. The smallest absolute Gasteiger partial charge is 0.251 e. The van der Waals surface area contributed by atoms with E-state index in [1.54, 1.807) is 12.1 Å². The summed E-state index contributed by atoms with van der Waals surface area (Å²) >= 11 is 0. The summed E-state index contributed by atoms with van der Waals surface area (Å²) in [6.45, 7) is 7.54. The Morgan fingerprint density at radius 3 is 2.31 bits per heavy atom. The van der Waals surface area contributed by atoms with Crippen molar-refractivity contribution in [1.29, 1.82) is 0 Å². The van der Waals surface area contributed by atoms with Crippen LogP contribution in [0.1, 0.15) is 86.4 Å². The normalized spacial score (nSPS) is 25.1. The Hall–Kier alpha value is -3.97. The number of ketones is 1. The van der Waals surface area contributed by atoms with Crippen molar-refractivity contribution < 1.29 is 23.5 Å². The molecular formula is C38H41FN2O4. The van der Waals surface area contributed by atoms with Crippen LogP contribution in [0.5, 0.6) is 0 Å². The average molecular weight is 609 g/mol. The van der Waals surface area contributed by atoms with E-state index in [2.05, 4.69) is 24.1 Å². The highest BCUT2D eigenvalue weighted by atomic mass is 19.1. The zero-order chi connectivity index (χ0) is 31.5. The molecule has 45 heavy (non-hydrogen) atoms. The van der Waals surface area contributed by atoms with E-state index in [-0.39, 0.29) is 23.0 Å². The number of rotatable bonds is 9. The second kappa shape index (κ2) is 11.1. The van der Waals surface area contributed by atoms with Gasteiger partial charge in [-0.1, -0.05) is 19.1 Å². The van der Waals surface area contributed by atoms with Crippen LogP contribution in [0.3, 0.4) is 0 Å². The van der Waals surface area contributed by atoms with Gasteiger partial charge in [0.25, 0.3) is 5.91 Å². The Morgan fingerprint density at radius 2 is 1.67 bits per heavy atom. The van der Waals surface area contributed by atoms with Crippen LogP contribution < -0.4 is 10.2 Å². The molecule has 4 fully saturated rings. The second-order valence-electron chi connectivity index (χ2n) is 13.6. The predicted molar refractivity (Wildman–Crippen MR) is 175 cm³/mol. The zero-order valence-corrected chi connectivity index (χ0v) is 26.3. The molecule has 234 valence electrons. The third-order valence-electron chi connectivity index (χ3n) is 10.5. The van der Waals surface area contributed by atoms with Gasteiger partial charge >= 0.3 is 0 Å². The van der Waals surface area contributed by atoms with Crippen molar-refractivity contribution in [2.45, 2.75) is 76.9 Å². The molecule has 2 N–H and O–H groups in total. The molecule has 4 saturated carbocycles. The van der Waals surface area contributed by atoms with Gasteiger partial charge in [-0.2, -0.15) is 0 Å². The van der Waals surface area contributed by atoms with E-state index < -0.39 is 5.60 Å². The van der Waals surface area contributed by atoms with Crippen LogP contribution in [0.15, 0.2) is 65.1 Å². The number of fused-ring (bicyclic) bond motifs is 1. The van der Waals surface area contributed by atoms with Gasteiger partial charge in [-0.3, -0.25) is 9.59 Å². The number of Topliss-reactive ketones (excluding diaryl/α,β-unsaturated/α-hetero) is 1. The van der Waals surface area contributed by atoms with Crippen LogP contribution >= 0.6 is 0 Å². The van der Waals surface area contributed by atoms with Crippen LogP contribution in [0.2, 0.25) is 0 Å². The molecule has 4 bridgehead atoms. The number of furan rings is 1. The molecule has 6 nitrogen and oxygen atoms in total. The van der Waals surface area contributed by atoms with Crippen molar-refractivity contribution in [2.24, 2.45) is 11.8 Å². The predicted octanol–water partition coefficient (Wildman–Crippen LogP) is 8.16. The highest BCUT2D eigenvalue weighted by molar-refractivity contribution is 6.13. The minimum atomic E-state index is -0.654. The average Bonchev–Trinajstić information content (AvgIpc) is 3.38. The fourth-order valence-corrected chi connectivity index (χ4v) is 8.95. The number of hydrogen-bond donors (Lipinski definition) is 2. The lowest BCUT2D eigenvalue weighted by molar-refractivity contribution is -0.139. The number of halogens is 1. The van der Waals surface area contributed by atoms with Crippen LogP contribution in [-0.2, 0) is 0 Å². The van der Waals surface area contributed by atoms with Gasteiger partial charge in [-0.25, -0.2) is 4.39 Å². The van der Waals surface area contributed by atoms with E-state index in [0.717, 1.165) is 62.0 Å². The summed E-state index contributed by atoms with van der Waals surface area (Å²) in [5, 5.41) is 15.3. The minimum absolute atomic E-state index is 0.0556. The van der Waals surface area contributed by atoms with Crippen molar-refractivity contribution in [3.05, 3.63) is 77.6 Å². The Bertz CT molecular complexity index is 1770. The maximum absolute atomic E-state index is 13.8. The summed E-state index contributed by atoms with van der Waals surface area (Å²) in [6, 6.07) is 17.7. The van der Waals surface area contributed by atoms with Crippen molar-refractivity contribution in [3.63, 3.8) is 0 Å². The topological polar surface area (TPSA) is 82.8 Å². The van der Waals surface area contributed by atoms with Crippen molar-refractivity contribution in [1.82, 2.24) is 5.32 Å². The molecule has 3 aromatic carbocycles. The van der Waals surface area contributed by atoms with E-state index in [1.807, 2.05) is 43.3 Å². The zero-order valence-electron chi connectivity index (χ0n) is 26.3. The Labute approximate surface area is 263 Å². The van der Waals surface area contributed by atoms with Crippen molar-refractivity contribution in [2.75, 3.05) is 18.0 Å². The molecule has 0 radical (unpaired) electrons. The lowest BCUT2D eigenvalue weighted by atomic mass is 9.51. The molecule has 1 amide bonds. The molecule has 7 heteroatoms. The molecule has 4 atom stereocenters. The molecule has 0 aliphatic heterocycles. The molecule has 4 aliphatic rings. The number of nitrogens with one attached hydrogen (secondary N) is 1. The summed E-state index contributed by atoms with van der Waals surface area (Å²) in [7, 11) is 0. The molecule has 4 aliphatic carbocycles. The summed E-state index contributed by atoms with van der Waals surface area (Å²) in [5.41, 5.74) is 4.01. The second-order valence-corrected chi connectivity index (χ2v) is 13.6. The molecular weight excluding hydrogens is 567 g/mol. The molecule has 0 saturated heterocycles. The van der Waals surface area contributed by atoms with Crippen molar-refractivity contribution in [3.8, 4) is 22.5 Å².